The van der Waals surface area contributed by atoms with Crippen LogP contribution >= 0.6 is 0 Å². The maximum absolute atomic E-state index is 13.3. The molecule has 3 aliphatic heterocycles. The molecule has 2 saturated heterocycles. The molecule has 1 aromatic rings. The number of hydrogen-bond donors (Lipinski definition) is 1. The minimum Gasteiger partial charge on any atom is -0.485 e. The van der Waals surface area contributed by atoms with Gasteiger partial charge in [0.2, 0.25) is 11.8 Å². The Labute approximate surface area is 190 Å². The SMILES string of the molecule is Cc1ccc2c(c1)C(=O)NCC1(CCC(=O)N(C(C)C(=O)N3CC(C)CC(C)C3)CC1)O2. The van der Waals surface area contributed by atoms with E-state index >= 15 is 0 Å². The normalized spacial score (nSPS) is 29.5. The van der Waals surface area contributed by atoms with Crippen molar-refractivity contribution >= 4 is 17.7 Å². The molecule has 3 aliphatic rings. The number of aryl methyl sites for hydroxylation is 1. The number of piperidine rings is 1. The van der Waals surface area contributed by atoms with E-state index in [1.807, 2.05) is 36.9 Å². The molecule has 3 heterocycles. The summed E-state index contributed by atoms with van der Waals surface area (Å²) in [5.74, 6) is 1.37. The molecule has 4 rings (SSSR count). The van der Waals surface area contributed by atoms with Crippen LogP contribution in [0, 0.1) is 18.8 Å². The second-order valence-electron chi connectivity index (χ2n) is 10.2. The number of nitrogens with one attached hydrogen (secondary N) is 1. The summed E-state index contributed by atoms with van der Waals surface area (Å²) in [6, 6.07) is 5.11. The van der Waals surface area contributed by atoms with Crippen LogP contribution in [0.15, 0.2) is 18.2 Å². The lowest BCUT2D eigenvalue weighted by molar-refractivity contribution is -0.146. The van der Waals surface area contributed by atoms with E-state index in [4.69, 9.17) is 4.74 Å². The zero-order valence-corrected chi connectivity index (χ0v) is 19.6. The summed E-state index contributed by atoms with van der Waals surface area (Å²) in [6.45, 7) is 10.4. The summed E-state index contributed by atoms with van der Waals surface area (Å²) in [4.78, 5) is 42.6. The number of carbonyl (C=O) groups excluding carboxylic acids is 3. The van der Waals surface area contributed by atoms with Crippen LogP contribution in [-0.4, -0.2) is 65.3 Å². The highest BCUT2D eigenvalue weighted by molar-refractivity contribution is 5.97. The minimum atomic E-state index is -0.655. The van der Waals surface area contributed by atoms with Gasteiger partial charge in [-0.2, -0.15) is 0 Å². The van der Waals surface area contributed by atoms with E-state index in [-0.39, 0.29) is 17.7 Å². The zero-order chi connectivity index (χ0) is 23.0. The van der Waals surface area contributed by atoms with E-state index < -0.39 is 11.6 Å². The van der Waals surface area contributed by atoms with Crippen LogP contribution in [-0.2, 0) is 9.59 Å². The number of hydrogen-bond acceptors (Lipinski definition) is 4. The molecule has 1 spiro atoms. The van der Waals surface area contributed by atoms with Crippen molar-refractivity contribution in [1.82, 2.24) is 15.1 Å². The standard InChI is InChI=1S/C25H35N3O4/c1-16-5-6-21-20(12-16)23(30)26-15-25(32-21)8-7-22(29)28(10-9-25)19(4)24(31)27-13-17(2)11-18(3)14-27/h5-6,12,17-19H,7-11,13-15H2,1-4H3,(H,26,30). The summed E-state index contributed by atoms with van der Waals surface area (Å²) in [6.07, 6.45) is 2.50. The molecule has 4 unspecified atom stereocenters. The van der Waals surface area contributed by atoms with Crippen LogP contribution in [0.5, 0.6) is 5.75 Å². The van der Waals surface area contributed by atoms with Gasteiger partial charge in [0.25, 0.3) is 5.91 Å². The van der Waals surface area contributed by atoms with Crippen LogP contribution in [0.25, 0.3) is 0 Å². The molecule has 0 bridgehead atoms. The number of carbonyl (C=O) groups is 3. The Kier molecular flexibility index (Phi) is 6.19. The number of fused-ring (bicyclic) bond motifs is 1. The molecule has 0 saturated carbocycles. The first-order valence-electron chi connectivity index (χ1n) is 11.8. The largest absolute Gasteiger partial charge is 0.485 e. The maximum Gasteiger partial charge on any atom is 0.255 e. The van der Waals surface area contributed by atoms with Gasteiger partial charge in [0.1, 0.15) is 17.4 Å². The van der Waals surface area contributed by atoms with Crippen molar-refractivity contribution in [3.05, 3.63) is 29.3 Å². The van der Waals surface area contributed by atoms with Crippen molar-refractivity contribution in [3.63, 3.8) is 0 Å². The number of nitrogens with zero attached hydrogens (tertiary/aromatic N) is 2. The zero-order valence-electron chi connectivity index (χ0n) is 19.6. The predicted molar refractivity (Wildman–Crippen MR) is 121 cm³/mol. The number of likely N-dealkylation sites (tertiary alicyclic amines) is 2. The Hall–Kier alpha value is -2.57. The number of amides is 3. The molecule has 7 nitrogen and oxygen atoms in total. The summed E-state index contributed by atoms with van der Waals surface area (Å²) >= 11 is 0. The van der Waals surface area contributed by atoms with Crippen molar-refractivity contribution < 1.29 is 19.1 Å². The van der Waals surface area contributed by atoms with Gasteiger partial charge in [0.05, 0.1) is 12.1 Å². The fourth-order valence-corrected chi connectivity index (χ4v) is 5.50. The first-order valence-corrected chi connectivity index (χ1v) is 11.8. The van der Waals surface area contributed by atoms with Crippen LogP contribution < -0.4 is 10.1 Å². The Balaban J connectivity index is 1.50. The predicted octanol–water partition coefficient (Wildman–Crippen LogP) is 2.76. The molecular weight excluding hydrogens is 406 g/mol. The van der Waals surface area contributed by atoms with E-state index in [9.17, 15) is 14.4 Å². The third-order valence-corrected chi connectivity index (χ3v) is 7.21. The van der Waals surface area contributed by atoms with Crippen LogP contribution in [0.4, 0.5) is 0 Å². The average molecular weight is 442 g/mol. The van der Waals surface area contributed by atoms with Crippen LogP contribution in [0.1, 0.15) is 62.4 Å². The summed E-state index contributed by atoms with van der Waals surface area (Å²) < 4.78 is 6.41. The Morgan fingerprint density at radius 1 is 1.19 bits per heavy atom. The third-order valence-electron chi connectivity index (χ3n) is 7.21. The van der Waals surface area contributed by atoms with Crippen molar-refractivity contribution in [1.29, 1.82) is 0 Å². The van der Waals surface area contributed by atoms with E-state index in [1.54, 1.807) is 4.90 Å². The molecule has 3 amide bonds. The molecule has 0 aliphatic carbocycles. The molecule has 174 valence electrons. The highest BCUT2D eigenvalue weighted by Crippen LogP contribution is 2.34. The summed E-state index contributed by atoms with van der Waals surface area (Å²) in [5.41, 5.74) is 0.873. The van der Waals surface area contributed by atoms with Crippen LogP contribution in [0.2, 0.25) is 0 Å². The van der Waals surface area contributed by atoms with Gasteiger partial charge in [-0.3, -0.25) is 14.4 Å². The van der Waals surface area contributed by atoms with Crippen molar-refractivity contribution in [2.24, 2.45) is 11.8 Å². The van der Waals surface area contributed by atoms with Crippen molar-refractivity contribution in [3.8, 4) is 5.75 Å². The molecule has 4 atom stereocenters. The van der Waals surface area contributed by atoms with Crippen LogP contribution in [0.3, 0.4) is 0 Å². The Morgan fingerprint density at radius 3 is 2.62 bits per heavy atom. The topological polar surface area (TPSA) is 79.0 Å². The maximum atomic E-state index is 13.3. The van der Waals surface area contributed by atoms with E-state index in [0.29, 0.717) is 55.5 Å². The second-order valence-corrected chi connectivity index (χ2v) is 10.2. The number of rotatable bonds is 2. The fourth-order valence-electron chi connectivity index (χ4n) is 5.50. The third kappa shape index (κ3) is 4.48. The average Bonchev–Trinajstić information content (AvgIpc) is 2.99. The molecule has 0 aromatic heterocycles. The lowest BCUT2D eigenvalue weighted by Gasteiger charge is -2.39. The van der Waals surface area contributed by atoms with Gasteiger partial charge in [-0.05, 0) is 50.7 Å². The van der Waals surface area contributed by atoms with Gasteiger partial charge in [0.15, 0.2) is 0 Å². The van der Waals surface area contributed by atoms with Gasteiger partial charge in [0, 0.05) is 32.5 Å². The lowest BCUT2D eigenvalue weighted by atomic mass is 9.91. The van der Waals surface area contributed by atoms with Gasteiger partial charge in [-0.1, -0.05) is 25.5 Å². The Morgan fingerprint density at radius 2 is 1.91 bits per heavy atom. The van der Waals surface area contributed by atoms with Gasteiger partial charge in [-0.25, -0.2) is 0 Å². The molecule has 32 heavy (non-hydrogen) atoms. The number of ether oxygens (including phenoxy) is 1. The number of benzene rings is 1. The van der Waals surface area contributed by atoms with E-state index in [1.165, 1.54) is 0 Å². The molecule has 7 heteroatoms. The first-order chi connectivity index (χ1) is 15.2. The molecule has 1 aromatic carbocycles. The molecular formula is C25H35N3O4. The van der Waals surface area contributed by atoms with Gasteiger partial charge < -0.3 is 19.9 Å². The fraction of sp³-hybridized carbons (Fsp3) is 0.640. The van der Waals surface area contributed by atoms with Crippen molar-refractivity contribution in [2.45, 2.75) is 65.0 Å². The first kappa shape index (κ1) is 22.6. The monoisotopic (exact) mass is 441 g/mol. The summed E-state index contributed by atoms with van der Waals surface area (Å²) in [7, 11) is 0. The molecule has 1 N–H and O–H groups in total. The van der Waals surface area contributed by atoms with E-state index in [2.05, 4.69) is 19.2 Å². The molecule has 0 radical (unpaired) electrons. The molecule has 2 fully saturated rings. The highest BCUT2D eigenvalue weighted by atomic mass is 16.5. The van der Waals surface area contributed by atoms with Gasteiger partial charge in [-0.15, -0.1) is 0 Å². The second kappa shape index (κ2) is 8.75. The minimum absolute atomic E-state index is 0.0239. The van der Waals surface area contributed by atoms with E-state index in [0.717, 1.165) is 25.1 Å². The highest BCUT2D eigenvalue weighted by Gasteiger charge is 2.42. The smallest absolute Gasteiger partial charge is 0.255 e. The quantitative estimate of drug-likeness (QED) is 0.766. The lowest BCUT2D eigenvalue weighted by Crippen LogP contribution is -2.53. The Bertz CT molecular complexity index is 906. The van der Waals surface area contributed by atoms with Gasteiger partial charge >= 0.3 is 0 Å². The summed E-state index contributed by atoms with van der Waals surface area (Å²) in [5, 5.41) is 2.99. The van der Waals surface area contributed by atoms with Crippen molar-refractivity contribution in [2.75, 3.05) is 26.2 Å².